The quantitative estimate of drug-likeness (QED) is 0.616. The predicted molar refractivity (Wildman–Crippen MR) is 116 cm³/mol. The molecule has 0 unspecified atom stereocenters. The fourth-order valence-corrected chi connectivity index (χ4v) is 3.24. The lowest BCUT2D eigenvalue weighted by Gasteiger charge is -2.21. The third-order valence-corrected chi connectivity index (χ3v) is 4.93. The fourth-order valence-electron chi connectivity index (χ4n) is 3.24. The monoisotopic (exact) mass is 376 g/mol. The van der Waals surface area contributed by atoms with Gasteiger partial charge in [0.2, 0.25) is 0 Å². The van der Waals surface area contributed by atoms with E-state index in [0.717, 1.165) is 29.4 Å². The van der Waals surface area contributed by atoms with E-state index in [1.54, 1.807) is 6.92 Å². The van der Waals surface area contributed by atoms with Crippen LogP contribution in [0, 0.1) is 0 Å². The van der Waals surface area contributed by atoms with Crippen molar-refractivity contribution in [3.63, 3.8) is 0 Å². The van der Waals surface area contributed by atoms with Gasteiger partial charge >= 0.3 is 0 Å². The van der Waals surface area contributed by atoms with Crippen LogP contribution in [0.2, 0.25) is 0 Å². The van der Waals surface area contributed by atoms with Gasteiger partial charge in [0.05, 0.1) is 0 Å². The molecule has 1 amide bonds. The standard InChI is InChI=1S/C24H28N2O2/c1-4-26(5-2)22-13-10-19(11-14-22)17-25-24(27)18(3)28-23-15-12-20-8-6-7-9-21(20)16-23/h6-16,18H,4-5,17H2,1-3H3,(H,25,27)/t18-/m0/s1. The van der Waals surface area contributed by atoms with Crippen LogP contribution < -0.4 is 15.0 Å². The number of hydrogen-bond donors (Lipinski definition) is 1. The molecule has 4 nitrogen and oxygen atoms in total. The van der Waals surface area contributed by atoms with Gasteiger partial charge in [0.25, 0.3) is 5.91 Å². The molecule has 3 rings (SSSR count). The minimum atomic E-state index is -0.559. The molecule has 3 aromatic rings. The number of hydrogen-bond acceptors (Lipinski definition) is 3. The molecule has 0 spiro atoms. The van der Waals surface area contributed by atoms with Crippen LogP contribution in [0.1, 0.15) is 26.3 Å². The van der Waals surface area contributed by atoms with Crippen LogP contribution in [0.5, 0.6) is 5.75 Å². The Hall–Kier alpha value is -3.01. The maximum Gasteiger partial charge on any atom is 0.261 e. The van der Waals surface area contributed by atoms with E-state index >= 15 is 0 Å². The highest BCUT2D eigenvalue weighted by atomic mass is 16.5. The highest BCUT2D eigenvalue weighted by Crippen LogP contribution is 2.21. The largest absolute Gasteiger partial charge is 0.481 e. The molecule has 0 heterocycles. The summed E-state index contributed by atoms with van der Waals surface area (Å²) in [6, 6.07) is 22.3. The molecule has 0 aliphatic carbocycles. The van der Waals surface area contributed by atoms with Gasteiger partial charge in [-0.15, -0.1) is 0 Å². The normalized spacial score (nSPS) is 11.8. The van der Waals surface area contributed by atoms with Gasteiger partial charge in [-0.3, -0.25) is 4.79 Å². The van der Waals surface area contributed by atoms with E-state index < -0.39 is 6.10 Å². The van der Waals surface area contributed by atoms with Crippen molar-refractivity contribution in [3.8, 4) is 5.75 Å². The van der Waals surface area contributed by atoms with Crippen LogP contribution in [0.25, 0.3) is 10.8 Å². The Kier molecular flexibility index (Phi) is 6.53. The maximum atomic E-state index is 12.4. The number of carbonyl (C=O) groups is 1. The Morgan fingerprint density at radius 2 is 1.64 bits per heavy atom. The minimum Gasteiger partial charge on any atom is -0.481 e. The minimum absolute atomic E-state index is 0.124. The zero-order chi connectivity index (χ0) is 19.9. The number of rotatable bonds is 8. The van der Waals surface area contributed by atoms with Crippen molar-refractivity contribution in [1.82, 2.24) is 5.32 Å². The number of ether oxygens (including phenoxy) is 1. The highest BCUT2D eigenvalue weighted by molar-refractivity contribution is 5.84. The summed E-state index contributed by atoms with van der Waals surface area (Å²) in [4.78, 5) is 14.7. The molecule has 0 saturated heterocycles. The van der Waals surface area contributed by atoms with Crippen molar-refractivity contribution in [2.75, 3.05) is 18.0 Å². The lowest BCUT2D eigenvalue weighted by molar-refractivity contribution is -0.127. The number of benzene rings is 3. The third-order valence-electron chi connectivity index (χ3n) is 4.93. The first-order chi connectivity index (χ1) is 13.6. The number of fused-ring (bicyclic) bond motifs is 1. The Bertz CT molecular complexity index is 917. The summed E-state index contributed by atoms with van der Waals surface area (Å²) >= 11 is 0. The van der Waals surface area contributed by atoms with E-state index in [0.29, 0.717) is 12.3 Å². The van der Waals surface area contributed by atoms with Crippen LogP contribution in [0.15, 0.2) is 66.7 Å². The summed E-state index contributed by atoms with van der Waals surface area (Å²) in [7, 11) is 0. The smallest absolute Gasteiger partial charge is 0.261 e. The third kappa shape index (κ3) is 4.83. The van der Waals surface area contributed by atoms with Crippen LogP contribution in [0.3, 0.4) is 0 Å². The van der Waals surface area contributed by atoms with Gasteiger partial charge in [-0.25, -0.2) is 0 Å². The van der Waals surface area contributed by atoms with Crippen LogP contribution in [0.4, 0.5) is 5.69 Å². The molecule has 3 aromatic carbocycles. The summed E-state index contributed by atoms with van der Waals surface area (Å²) in [6.07, 6.45) is -0.559. The summed E-state index contributed by atoms with van der Waals surface area (Å²) in [6.45, 7) is 8.52. The SMILES string of the molecule is CCN(CC)c1ccc(CNC(=O)[C@H](C)Oc2ccc3ccccc3c2)cc1. The molecule has 0 aliphatic rings. The molecule has 0 fully saturated rings. The molecule has 0 aliphatic heterocycles. The van der Waals surface area contributed by atoms with Gasteiger partial charge in [-0.05, 0) is 61.4 Å². The van der Waals surface area contributed by atoms with Gasteiger partial charge in [-0.2, -0.15) is 0 Å². The molecule has 146 valence electrons. The first-order valence-electron chi connectivity index (χ1n) is 9.87. The lowest BCUT2D eigenvalue weighted by atomic mass is 10.1. The summed E-state index contributed by atoms with van der Waals surface area (Å²) < 4.78 is 5.83. The van der Waals surface area contributed by atoms with Gasteiger partial charge < -0.3 is 15.0 Å². The fraction of sp³-hybridized carbons (Fsp3) is 0.292. The first-order valence-corrected chi connectivity index (χ1v) is 9.87. The van der Waals surface area contributed by atoms with Crippen molar-refractivity contribution in [2.24, 2.45) is 0 Å². The van der Waals surface area contributed by atoms with E-state index in [1.165, 1.54) is 5.69 Å². The molecule has 1 N–H and O–H groups in total. The van der Waals surface area contributed by atoms with Gasteiger partial charge in [0.1, 0.15) is 5.75 Å². The van der Waals surface area contributed by atoms with Gasteiger partial charge in [0, 0.05) is 25.3 Å². The molecular formula is C24H28N2O2. The van der Waals surface area contributed by atoms with Crippen molar-refractivity contribution >= 4 is 22.4 Å². The van der Waals surface area contributed by atoms with Crippen molar-refractivity contribution < 1.29 is 9.53 Å². The summed E-state index contributed by atoms with van der Waals surface area (Å²) in [5, 5.41) is 5.21. The van der Waals surface area contributed by atoms with Gasteiger partial charge in [0.15, 0.2) is 6.10 Å². The molecular weight excluding hydrogens is 348 g/mol. The topological polar surface area (TPSA) is 41.6 Å². The number of nitrogens with zero attached hydrogens (tertiary/aromatic N) is 1. The first kappa shape index (κ1) is 19.7. The Labute approximate surface area is 167 Å². The predicted octanol–water partition coefficient (Wildman–Crippen LogP) is 4.77. The lowest BCUT2D eigenvalue weighted by Crippen LogP contribution is -2.35. The molecule has 1 atom stereocenters. The summed E-state index contributed by atoms with van der Waals surface area (Å²) in [5.74, 6) is 0.575. The second kappa shape index (κ2) is 9.27. The highest BCUT2D eigenvalue weighted by Gasteiger charge is 2.14. The Morgan fingerprint density at radius 1 is 0.964 bits per heavy atom. The maximum absolute atomic E-state index is 12.4. The second-order valence-corrected chi connectivity index (χ2v) is 6.83. The zero-order valence-electron chi connectivity index (χ0n) is 16.8. The van der Waals surface area contributed by atoms with Crippen molar-refractivity contribution in [3.05, 3.63) is 72.3 Å². The van der Waals surface area contributed by atoms with Crippen molar-refractivity contribution in [1.29, 1.82) is 0 Å². The van der Waals surface area contributed by atoms with E-state index in [-0.39, 0.29) is 5.91 Å². The van der Waals surface area contributed by atoms with E-state index in [2.05, 4.69) is 54.4 Å². The van der Waals surface area contributed by atoms with E-state index in [1.807, 2.05) is 36.4 Å². The average molecular weight is 377 g/mol. The zero-order valence-corrected chi connectivity index (χ0v) is 16.8. The molecule has 0 aromatic heterocycles. The van der Waals surface area contributed by atoms with Gasteiger partial charge in [-0.1, -0.05) is 42.5 Å². The summed E-state index contributed by atoms with van der Waals surface area (Å²) in [5.41, 5.74) is 2.27. The van der Waals surface area contributed by atoms with Crippen molar-refractivity contribution in [2.45, 2.75) is 33.4 Å². The molecule has 0 radical (unpaired) electrons. The van der Waals surface area contributed by atoms with Crippen LogP contribution in [-0.4, -0.2) is 25.1 Å². The number of anilines is 1. The number of amides is 1. The molecule has 28 heavy (non-hydrogen) atoms. The second-order valence-electron chi connectivity index (χ2n) is 6.83. The average Bonchev–Trinajstić information content (AvgIpc) is 2.73. The number of nitrogens with one attached hydrogen (secondary N) is 1. The number of carbonyl (C=O) groups excluding carboxylic acids is 1. The van der Waals surface area contributed by atoms with E-state index in [4.69, 9.17) is 4.74 Å². The molecule has 0 bridgehead atoms. The Balaban J connectivity index is 1.55. The van der Waals surface area contributed by atoms with Crippen LogP contribution in [-0.2, 0) is 11.3 Å². The molecule has 4 heteroatoms. The van der Waals surface area contributed by atoms with Crippen LogP contribution >= 0.6 is 0 Å². The Morgan fingerprint density at radius 3 is 2.32 bits per heavy atom. The molecule has 0 saturated carbocycles. The van der Waals surface area contributed by atoms with E-state index in [9.17, 15) is 4.79 Å².